The molecule has 3 heterocycles. The summed E-state index contributed by atoms with van der Waals surface area (Å²) in [7, 11) is 0. The van der Waals surface area contributed by atoms with Gasteiger partial charge in [0.25, 0.3) is 5.91 Å². The van der Waals surface area contributed by atoms with Crippen LogP contribution in [0.25, 0.3) is 10.2 Å². The van der Waals surface area contributed by atoms with E-state index in [4.69, 9.17) is 14.5 Å². The number of thiophene rings is 1. The average molecular weight is 412 g/mol. The molecule has 1 aromatic carbocycles. The number of carbonyl (C=O) groups is 1. The minimum atomic E-state index is -0.141. The fourth-order valence-electron chi connectivity index (χ4n) is 3.35. The average Bonchev–Trinajstić information content (AvgIpc) is 3.02. The van der Waals surface area contributed by atoms with Crippen LogP contribution >= 0.6 is 11.3 Å². The largest absolute Gasteiger partial charge is 0.486 e. The van der Waals surface area contributed by atoms with Gasteiger partial charge in [-0.1, -0.05) is 26.8 Å². The van der Waals surface area contributed by atoms with E-state index < -0.39 is 0 Å². The Kier molecular flexibility index (Phi) is 4.94. The van der Waals surface area contributed by atoms with Crippen molar-refractivity contribution in [2.75, 3.05) is 13.2 Å². The van der Waals surface area contributed by atoms with Crippen molar-refractivity contribution in [1.29, 1.82) is 0 Å². The van der Waals surface area contributed by atoms with Crippen molar-refractivity contribution in [1.82, 2.24) is 15.3 Å². The molecular formula is C22H25N3O3S. The van der Waals surface area contributed by atoms with Gasteiger partial charge in [0.2, 0.25) is 0 Å². The fourth-order valence-corrected chi connectivity index (χ4v) is 4.50. The Morgan fingerprint density at radius 2 is 1.86 bits per heavy atom. The molecule has 0 atom stereocenters. The van der Waals surface area contributed by atoms with Crippen LogP contribution in [0.5, 0.6) is 11.5 Å². The van der Waals surface area contributed by atoms with Crippen molar-refractivity contribution in [3.63, 3.8) is 0 Å². The molecule has 0 saturated carbocycles. The number of hydrogen-bond acceptors (Lipinski definition) is 6. The van der Waals surface area contributed by atoms with Gasteiger partial charge in [-0.2, -0.15) is 0 Å². The van der Waals surface area contributed by atoms with E-state index in [1.54, 1.807) is 0 Å². The highest BCUT2D eigenvalue weighted by atomic mass is 32.1. The third-order valence-electron chi connectivity index (χ3n) is 4.91. The zero-order chi connectivity index (χ0) is 20.8. The van der Waals surface area contributed by atoms with Crippen molar-refractivity contribution >= 4 is 27.5 Å². The van der Waals surface area contributed by atoms with Gasteiger partial charge in [0.15, 0.2) is 11.5 Å². The van der Waals surface area contributed by atoms with Crippen LogP contribution in [0.15, 0.2) is 18.2 Å². The number of amides is 1. The third kappa shape index (κ3) is 3.79. The van der Waals surface area contributed by atoms with Crippen LogP contribution in [0.1, 0.15) is 53.1 Å². The molecule has 0 spiro atoms. The summed E-state index contributed by atoms with van der Waals surface area (Å²) in [4.78, 5) is 23.8. The summed E-state index contributed by atoms with van der Waals surface area (Å²) in [6.45, 7) is 11.7. The van der Waals surface area contributed by atoms with Crippen molar-refractivity contribution in [2.45, 2.75) is 46.6 Å². The van der Waals surface area contributed by atoms with Crippen molar-refractivity contribution < 1.29 is 14.3 Å². The molecule has 152 valence electrons. The lowest BCUT2D eigenvalue weighted by molar-refractivity contribution is 0.0954. The Morgan fingerprint density at radius 3 is 2.59 bits per heavy atom. The molecular weight excluding hydrogens is 386 g/mol. The predicted molar refractivity (Wildman–Crippen MR) is 114 cm³/mol. The second-order valence-corrected chi connectivity index (χ2v) is 9.28. The van der Waals surface area contributed by atoms with Gasteiger partial charge in [-0.25, -0.2) is 9.97 Å². The smallest absolute Gasteiger partial charge is 0.261 e. The van der Waals surface area contributed by atoms with Gasteiger partial charge in [-0.05, 0) is 37.1 Å². The van der Waals surface area contributed by atoms with Crippen molar-refractivity contribution in [3.05, 3.63) is 45.7 Å². The van der Waals surface area contributed by atoms with E-state index in [0.717, 1.165) is 44.4 Å². The lowest BCUT2D eigenvalue weighted by Gasteiger charge is -2.18. The first-order valence-corrected chi connectivity index (χ1v) is 10.5. The maximum absolute atomic E-state index is 12.9. The van der Waals surface area contributed by atoms with Gasteiger partial charge in [0.1, 0.15) is 23.9 Å². The van der Waals surface area contributed by atoms with Crippen LogP contribution in [0.3, 0.4) is 0 Å². The van der Waals surface area contributed by atoms with Crippen LogP contribution < -0.4 is 14.8 Å². The van der Waals surface area contributed by atoms with Crippen LogP contribution in [0.4, 0.5) is 0 Å². The van der Waals surface area contributed by atoms with Crippen molar-refractivity contribution in [2.24, 2.45) is 0 Å². The van der Waals surface area contributed by atoms with E-state index in [1.165, 1.54) is 11.3 Å². The molecule has 6 nitrogen and oxygen atoms in total. The molecule has 0 aliphatic carbocycles. The monoisotopic (exact) mass is 411 g/mol. The number of carbonyl (C=O) groups excluding carboxylic acids is 1. The number of hydrogen-bond donors (Lipinski definition) is 1. The topological polar surface area (TPSA) is 73.3 Å². The summed E-state index contributed by atoms with van der Waals surface area (Å²) >= 11 is 1.43. The van der Waals surface area contributed by atoms with Gasteiger partial charge in [0.05, 0.1) is 10.6 Å². The summed E-state index contributed by atoms with van der Waals surface area (Å²) in [5.41, 5.74) is 2.67. The number of nitrogens with zero attached hydrogens (tertiary/aromatic N) is 2. The van der Waals surface area contributed by atoms with E-state index in [2.05, 4.69) is 31.1 Å². The van der Waals surface area contributed by atoms with E-state index in [9.17, 15) is 4.79 Å². The number of aryl methyl sites for hydroxylation is 2. The Bertz CT molecular complexity index is 1100. The molecule has 1 aliphatic rings. The van der Waals surface area contributed by atoms with Gasteiger partial charge in [-0.3, -0.25) is 4.79 Å². The van der Waals surface area contributed by atoms with E-state index in [1.807, 2.05) is 32.0 Å². The number of benzene rings is 1. The highest BCUT2D eigenvalue weighted by molar-refractivity contribution is 7.20. The van der Waals surface area contributed by atoms with Crippen LogP contribution in [-0.2, 0) is 12.0 Å². The molecule has 4 rings (SSSR count). The summed E-state index contributed by atoms with van der Waals surface area (Å²) in [5.74, 6) is 2.17. The summed E-state index contributed by atoms with van der Waals surface area (Å²) in [6, 6.07) is 5.74. The lowest BCUT2D eigenvalue weighted by Crippen LogP contribution is -2.23. The van der Waals surface area contributed by atoms with Crippen LogP contribution in [-0.4, -0.2) is 29.1 Å². The van der Waals surface area contributed by atoms with Crippen LogP contribution in [0, 0.1) is 13.8 Å². The second kappa shape index (κ2) is 7.30. The standard InChI is InChI=1S/C22H25N3O3S/c1-12-17-13(2)24-21(22(3,4)5)25-20(17)29-18(12)19(26)23-11-14-6-7-15-16(10-14)28-9-8-27-15/h6-7,10H,8-9,11H2,1-5H3,(H,23,26). The zero-order valence-corrected chi connectivity index (χ0v) is 18.2. The first kappa shape index (κ1) is 19.6. The van der Waals surface area contributed by atoms with Crippen LogP contribution in [0.2, 0.25) is 0 Å². The minimum absolute atomic E-state index is 0.0999. The van der Waals surface area contributed by atoms with Gasteiger partial charge >= 0.3 is 0 Å². The Morgan fingerprint density at radius 1 is 1.14 bits per heavy atom. The van der Waals surface area contributed by atoms with Crippen molar-refractivity contribution in [3.8, 4) is 11.5 Å². The molecule has 0 bridgehead atoms. The maximum Gasteiger partial charge on any atom is 0.261 e. The van der Waals surface area contributed by atoms with Gasteiger partial charge in [-0.15, -0.1) is 11.3 Å². The third-order valence-corrected chi connectivity index (χ3v) is 6.09. The highest BCUT2D eigenvalue weighted by Gasteiger charge is 2.23. The Hall–Kier alpha value is -2.67. The number of rotatable bonds is 3. The predicted octanol–water partition coefficient (Wildman–Crippen LogP) is 4.31. The highest BCUT2D eigenvalue weighted by Crippen LogP contribution is 2.33. The minimum Gasteiger partial charge on any atom is -0.486 e. The molecule has 3 aromatic rings. The molecule has 1 amide bonds. The number of aromatic nitrogens is 2. The Labute approximate surface area is 174 Å². The number of ether oxygens (including phenoxy) is 2. The molecule has 0 radical (unpaired) electrons. The molecule has 29 heavy (non-hydrogen) atoms. The summed E-state index contributed by atoms with van der Waals surface area (Å²) < 4.78 is 11.2. The first-order chi connectivity index (χ1) is 13.7. The lowest BCUT2D eigenvalue weighted by atomic mass is 9.95. The number of nitrogens with one attached hydrogen (secondary N) is 1. The van der Waals surface area contributed by atoms with E-state index in [0.29, 0.717) is 24.6 Å². The first-order valence-electron chi connectivity index (χ1n) is 9.69. The van der Waals surface area contributed by atoms with Gasteiger partial charge < -0.3 is 14.8 Å². The van der Waals surface area contributed by atoms with E-state index >= 15 is 0 Å². The molecule has 1 N–H and O–H groups in total. The molecule has 2 aromatic heterocycles. The molecule has 7 heteroatoms. The molecule has 0 unspecified atom stereocenters. The molecule has 0 saturated heterocycles. The fraction of sp³-hybridized carbons (Fsp3) is 0.409. The van der Waals surface area contributed by atoms with Gasteiger partial charge in [0, 0.05) is 17.3 Å². The zero-order valence-electron chi connectivity index (χ0n) is 17.4. The summed E-state index contributed by atoms with van der Waals surface area (Å²) in [5, 5.41) is 3.99. The normalized spacial score (nSPS) is 13.6. The molecule has 1 aliphatic heterocycles. The summed E-state index contributed by atoms with van der Waals surface area (Å²) in [6.07, 6.45) is 0. The molecule has 0 fully saturated rings. The SMILES string of the molecule is Cc1nc(C(C)(C)C)nc2sc(C(=O)NCc3ccc4c(c3)OCCO4)c(C)c12. The Balaban J connectivity index is 1.57. The maximum atomic E-state index is 12.9. The van der Waals surface area contributed by atoms with E-state index in [-0.39, 0.29) is 11.3 Å². The quantitative estimate of drug-likeness (QED) is 0.695. The number of fused-ring (bicyclic) bond motifs is 2. The second-order valence-electron chi connectivity index (χ2n) is 8.28.